The lowest BCUT2D eigenvalue weighted by molar-refractivity contribution is -0.140. The standard InChI is InChI=1S/C26H27NO4.C7H8O.C2H6/c1-16-8-10-18(11-9-16)15-31-26(29)21-14-22-23(27-17(21)2)12-19(13-24(22)28)20-6-4-5-7-25(20)30-3;1-6-3-2-4-7(8)5-6;1-2/h4-11,19,27H,12-15H2,1-3H3;2-5,8H,1H3;1-2H3/t19-;;/m1../s1. The molecule has 6 nitrogen and oxygen atoms in total. The van der Waals surface area contributed by atoms with Crippen LogP contribution in [0.2, 0.25) is 0 Å². The molecule has 0 saturated carbocycles. The van der Waals surface area contributed by atoms with Gasteiger partial charge in [-0.2, -0.15) is 0 Å². The Morgan fingerprint density at radius 1 is 0.927 bits per heavy atom. The number of rotatable bonds is 5. The second-order valence-corrected chi connectivity index (χ2v) is 10.0. The van der Waals surface area contributed by atoms with E-state index in [1.807, 2.05) is 95.3 Å². The van der Waals surface area contributed by atoms with Crippen molar-refractivity contribution in [3.63, 3.8) is 0 Å². The number of nitrogens with one attached hydrogen (secondary N) is 1. The number of aromatic hydroxyl groups is 1. The number of hydrogen-bond donors (Lipinski definition) is 2. The number of dihydropyridines is 1. The number of hydrogen-bond acceptors (Lipinski definition) is 6. The second-order valence-electron chi connectivity index (χ2n) is 10.0. The molecule has 41 heavy (non-hydrogen) atoms. The molecular formula is C35H41NO5. The monoisotopic (exact) mass is 555 g/mol. The van der Waals surface area contributed by atoms with Crippen LogP contribution < -0.4 is 10.1 Å². The van der Waals surface area contributed by atoms with Gasteiger partial charge in [-0.15, -0.1) is 0 Å². The minimum absolute atomic E-state index is 0.0535. The van der Waals surface area contributed by atoms with Crippen molar-refractivity contribution in [2.45, 2.75) is 66.4 Å². The maximum absolute atomic E-state index is 13.0. The Balaban J connectivity index is 0.000000394. The zero-order valence-electron chi connectivity index (χ0n) is 24.9. The van der Waals surface area contributed by atoms with Crippen LogP contribution in [0.3, 0.4) is 0 Å². The van der Waals surface area contributed by atoms with E-state index in [-0.39, 0.29) is 24.3 Å². The van der Waals surface area contributed by atoms with E-state index in [1.165, 1.54) is 0 Å². The van der Waals surface area contributed by atoms with E-state index in [1.54, 1.807) is 19.2 Å². The number of benzene rings is 3. The molecule has 0 saturated heterocycles. The molecule has 0 spiro atoms. The summed E-state index contributed by atoms with van der Waals surface area (Å²) in [5.41, 5.74) is 7.09. The topological polar surface area (TPSA) is 84.9 Å². The summed E-state index contributed by atoms with van der Waals surface area (Å²) in [6.45, 7) is 10.0. The van der Waals surface area contributed by atoms with Crippen LogP contribution in [0.15, 0.2) is 95.3 Å². The molecule has 1 heterocycles. The molecule has 3 aromatic rings. The fourth-order valence-electron chi connectivity index (χ4n) is 4.90. The Bertz CT molecular complexity index is 1400. The molecule has 0 fully saturated rings. The summed E-state index contributed by atoms with van der Waals surface area (Å²) in [6.07, 6.45) is 1.44. The van der Waals surface area contributed by atoms with Crippen LogP contribution in [0, 0.1) is 13.8 Å². The quantitative estimate of drug-likeness (QED) is 0.318. The SMILES string of the molecule is CC.COc1ccccc1[C@H]1CC(=O)C2=C(C1)NC(C)=C(C(=O)OCc1ccc(C)cc1)C2.Cc1cccc(O)c1. The Kier molecular flexibility index (Phi) is 11.3. The molecule has 5 rings (SSSR count). The Labute approximate surface area is 243 Å². The van der Waals surface area contributed by atoms with Crippen LogP contribution in [0.4, 0.5) is 0 Å². The van der Waals surface area contributed by atoms with Crippen LogP contribution >= 0.6 is 0 Å². The van der Waals surface area contributed by atoms with Gasteiger partial charge >= 0.3 is 5.97 Å². The summed E-state index contributed by atoms with van der Waals surface area (Å²) in [6, 6.07) is 22.9. The van der Waals surface area contributed by atoms with E-state index in [2.05, 4.69) is 5.32 Å². The molecule has 2 N–H and O–H groups in total. The number of ketones is 1. The molecule has 0 unspecified atom stereocenters. The van der Waals surface area contributed by atoms with Gasteiger partial charge in [-0.3, -0.25) is 4.79 Å². The van der Waals surface area contributed by atoms with Crippen LogP contribution in [-0.4, -0.2) is 24.0 Å². The van der Waals surface area contributed by atoms with Gasteiger partial charge in [-0.05, 0) is 62.1 Å². The van der Waals surface area contributed by atoms with Gasteiger partial charge in [0, 0.05) is 35.7 Å². The Morgan fingerprint density at radius 2 is 1.63 bits per heavy atom. The van der Waals surface area contributed by atoms with Gasteiger partial charge in [0.05, 0.1) is 12.7 Å². The Morgan fingerprint density at radius 3 is 2.27 bits per heavy atom. The van der Waals surface area contributed by atoms with Gasteiger partial charge in [0.1, 0.15) is 18.1 Å². The minimum atomic E-state index is -0.378. The van der Waals surface area contributed by atoms with Crippen molar-refractivity contribution in [1.29, 1.82) is 0 Å². The van der Waals surface area contributed by atoms with Crippen LogP contribution in [0.25, 0.3) is 0 Å². The number of esters is 1. The number of ether oxygens (including phenoxy) is 2. The van der Waals surface area contributed by atoms with Crippen molar-refractivity contribution in [1.82, 2.24) is 5.32 Å². The van der Waals surface area contributed by atoms with Crippen molar-refractivity contribution in [2.75, 3.05) is 7.11 Å². The lowest BCUT2D eigenvalue weighted by Gasteiger charge is -2.32. The number of aryl methyl sites for hydroxylation is 2. The van der Waals surface area contributed by atoms with Crippen molar-refractivity contribution in [3.05, 3.63) is 118 Å². The first-order chi connectivity index (χ1) is 19.7. The summed E-state index contributed by atoms with van der Waals surface area (Å²) in [4.78, 5) is 25.7. The van der Waals surface area contributed by atoms with E-state index in [0.717, 1.165) is 39.4 Å². The zero-order valence-corrected chi connectivity index (χ0v) is 24.9. The summed E-state index contributed by atoms with van der Waals surface area (Å²) in [5, 5.41) is 12.1. The van der Waals surface area contributed by atoms with Gasteiger partial charge in [0.15, 0.2) is 5.78 Å². The summed E-state index contributed by atoms with van der Waals surface area (Å²) in [5.74, 6) is 0.883. The highest BCUT2D eigenvalue weighted by atomic mass is 16.5. The summed E-state index contributed by atoms with van der Waals surface area (Å²) in [7, 11) is 1.65. The van der Waals surface area contributed by atoms with Crippen molar-refractivity contribution in [2.24, 2.45) is 0 Å². The van der Waals surface area contributed by atoms with E-state index in [9.17, 15) is 9.59 Å². The van der Waals surface area contributed by atoms with Gasteiger partial charge in [0.25, 0.3) is 0 Å². The largest absolute Gasteiger partial charge is 0.508 e. The minimum Gasteiger partial charge on any atom is -0.508 e. The van der Waals surface area contributed by atoms with E-state index < -0.39 is 0 Å². The first-order valence-corrected chi connectivity index (χ1v) is 14.1. The molecule has 6 heteroatoms. The number of para-hydroxylation sites is 1. The van der Waals surface area contributed by atoms with Gasteiger partial charge in [-0.1, -0.05) is 74.0 Å². The highest BCUT2D eigenvalue weighted by Gasteiger charge is 2.34. The molecule has 0 aromatic heterocycles. The Hall–Kier alpha value is -4.32. The summed E-state index contributed by atoms with van der Waals surface area (Å²) >= 11 is 0. The first kappa shape index (κ1) is 31.2. The van der Waals surface area contributed by atoms with Crippen molar-refractivity contribution >= 4 is 11.8 Å². The molecule has 1 aliphatic heterocycles. The molecule has 0 radical (unpaired) electrons. The average molecular weight is 556 g/mol. The lowest BCUT2D eigenvalue weighted by Crippen LogP contribution is -2.31. The van der Waals surface area contributed by atoms with Gasteiger partial charge < -0.3 is 19.9 Å². The molecule has 1 aliphatic carbocycles. The smallest absolute Gasteiger partial charge is 0.336 e. The number of carbonyl (C=O) groups excluding carboxylic acids is 2. The second kappa shape index (κ2) is 14.9. The molecule has 2 aliphatic rings. The van der Waals surface area contributed by atoms with Crippen LogP contribution in [0.1, 0.15) is 68.2 Å². The van der Waals surface area contributed by atoms with Crippen molar-refractivity contribution < 1.29 is 24.2 Å². The lowest BCUT2D eigenvalue weighted by atomic mass is 9.78. The van der Waals surface area contributed by atoms with Crippen LogP contribution in [-0.2, 0) is 20.9 Å². The molecule has 216 valence electrons. The van der Waals surface area contributed by atoms with E-state index in [4.69, 9.17) is 14.6 Å². The number of methoxy groups -OCH3 is 1. The van der Waals surface area contributed by atoms with Gasteiger partial charge in [0.2, 0.25) is 0 Å². The number of phenols is 1. The van der Waals surface area contributed by atoms with E-state index in [0.29, 0.717) is 36.2 Å². The van der Waals surface area contributed by atoms with Gasteiger partial charge in [-0.25, -0.2) is 4.79 Å². The first-order valence-electron chi connectivity index (χ1n) is 14.1. The highest BCUT2D eigenvalue weighted by molar-refractivity contribution is 6.01. The predicted molar refractivity (Wildman–Crippen MR) is 163 cm³/mol. The number of carbonyl (C=O) groups is 2. The highest BCUT2D eigenvalue weighted by Crippen LogP contribution is 2.41. The molecular weight excluding hydrogens is 514 g/mol. The molecule has 3 aromatic carbocycles. The molecule has 0 amide bonds. The third-order valence-corrected chi connectivity index (χ3v) is 7.05. The number of allylic oxidation sites excluding steroid dienone is 3. The predicted octanol–water partition coefficient (Wildman–Crippen LogP) is 7.44. The number of Topliss-reactive ketones (excluding diaryl/α,β-unsaturated/α-hetero) is 1. The third-order valence-electron chi connectivity index (χ3n) is 7.05. The molecule has 0 bridgehead atoms. The maximum Gasteiger partial charge on any atom is 0.336 e. The zero-order chi connectivity index (χ0) is 29.9. The summed E-state index contributed by atoms with van der Waals surface area (Å²) < 4.78 is 11.0. The maximum atomic E-state index is 13.0. The fourth-order valence-corrected chi connectivity index (χ4v) is 4.90. The van der Waals surface area contributed by atoms with Crippen molar-refractivity contribution in [3.8, 4) is 11.5 Å². The number of phenolic OH excluding ortho intramolecular Hbond substituents is 1. The van der Waals surface area contributed by atoms with E-state index >= 15 is 0 Å². The molecule has 1 atom stereocenters. The average Bonchev–Trinajstić information content (AvgIpc) is 2.97. The van der Waals surface area contributed by atoms with Crippen LogP contribution in [0.5, 0.6) is 11.5 Å². The fraction of sp³-hybridized carbons (Fsp3) is 0.314. The third kappa shape index (κ3) is 8.34. The normalized spacial score (nSPS) is 15.9.